The van der Waals surface area contributed by atoms with Crippen LogP contribution in [0, 0.1) is 22.7 Å². The Bertz CT molecular complexity index is 1180. The third-order valence-corrected chi connectivity index (χ3v) is 6.31. The molecule has 2 heterocycles. The molecule has 0 spiro atoms. The van der Waals surface area contributed by atoms with Crippen molar-refractivity contribution in [2.75, 3.05) is 31.1 Å². The Hall–Kier alpha value is -3.42. The second-order valence-electron chi connectivity index (χ2n) is 8.48. The third-order valence-electron chi connectivity index (χ3n) is 6.06. The van der Waals surface area contributed by atoms with E-state index in [0.717, 1.165) is 30.0 Å². The number of halogens is 1. The first-order valence-electron chi connectivity index (χ1n) is 10.7. The second kappa shape index (κ2) is 9.60. The Kier molecular flexibility index (Phi) is 6.62. The first-order valence-corrected chi connectivity index (χ1v) is 11.1. The van der Waals surface area contributed by atoms with Gasteiger partial charge >= 0.3 is 0 Å². The summed E-state index contributed by atoms with van der Waals surface area (Å²) in [5.74, 6) is 0.812. The van der Waals surface area contributed by atoms with Crippen molar-refractivity contribution in [2.45, 2.75) is 18.6 Å². The maximum atomic E-state index is 11.2. The van der Waals surface area contributed by atoms with Crippen molar-refractivity contribution in [1.29, 1.82) is 10.5 Å². The quantitative estimate of drug-likeness (QED) is 0.616. The Labute approximate surface area is 198 Å². The fraction of sp³-hybridized carbons (Fsp3) is 0.269. The van der Waals surface area contributed by atoms with Gasteiger partial charge in [-0.2, -0.15) is 10.5 Å². The molecule has 0 saturated carbocycles. The average molecular weight is 458 g/mol. The van der Waals surface area contributed by atoms with Crippen LogP contribution in [0.25, 0.3) is 0 Å². The molecule has 166 valence electrons. The summed E-state index contributed by atoms with van der Waals surface area (Å²) in [5, 5.41) is 30.1. The van der Waals surface area contributed by atoms with Crippen molar-refractivity contribution >= 4 is 17.4 Å². The fourth-order valence-corrected chi connectivity index (χ4v) is 4.41. The largest absolute Gasteiger partial charge is 0.384 e. The summed E-state index contributed by atoms with van der Waals surface area (Å²) < 4.78 is 0. The molecule has 2 atom stereocenters. The molecule has 1 saturated heterocycles. The number of rotatable bonds is 5. The number of pyridine rings is 1. The molecule has 1 aromatic heterocycles. The molecule has 1 aliphatic rings. The minimum atomic E-state index is -1.06. The molecule has 33 heavy (non-hydrogen) atoms. The van der Waals surface area contributed by atoms with Crippen LogP contribution in [-0.4, -0.2) is 41.2 Å². The zero-order valence-electron chi connectivity index (χ0n) is 18.3. The number of aromatic nitrogens is 1. The van der Waals surface area contributed by atoms with Gasteiger partial charge < -0.3 is 10.0 Å². The van der Waals surface area contributed by atoms with Crippen LogP contribution in [0.1, 0.15) is 35.2 Å². The lowest BCUT2D eigenvalue weighted by Gasteiger charge is -2.44. The average Bonchev–Trinajstić information content (AvgIpc) is 2.84. The number of hydrogen-bond donors (Lipinski definition) is 1. The topological polar surface area (TPSA) is 87.2 Å². The minimum absolute atomic E-state index is 0.00761. The highest BCUT2D eigenvalue weighted by Crippen LogP contribution is 2.32. The van der Waals surface area contributed by atoms with Gasteiger partial charge in [-0.15, -0.1) is 0 Å². The van der Waals surface area contributed by atoms with E-state index in [1.807, 2.05) is 42.5 Å². The SMILES string of the molecule is C[C@@](O)(CN1CCN(c2ccc(C#N)cn2)[C@H](c2ccc(Cl)cc2)C1)c1ccc(C#N)cc1. The van der Waals surface area contributed by atoms with Crippen LogP contribution in [-0.2, 0) is 5.60 Å². The fourth-order valence-electron chi connectivity index (χ4n) is 4.28. The summed E-state index contributed by atoms with van der Waals surface area (Å²) in [4.78, 5) is 8.99. The highest BCUT2D eigenvalue weighted by molar-refractivity contribution is 6.30. The van der Waals surface area contributed by atoms with E-state index in [2.05, 4.69) is 26.9 Å². The molecule has 0 radical (unpaired) electrons. The van der Waals surface area contributed by atoms with Gasteiger partial charge in [-0.25, -0.2) is 4.98 Å². The van der Waals surface area contributed by atoms with Crippen LogP contribution in [0.2, 0.25) is 5.02 Å². The third kappa shape index (κ3) is 5.16. The van der Waals surface area contributed by atoms with Crippen LogP contribution in [0.3, 0.4) is 0 Å². The summed E-state index contributed by atoms with van der Waals surface area (Å²) in [6.45, 7) is 4.42. The van der Waals surface area contributed by atoms with E-state index in [1.165, 1.54) is 0 Å². The number of nitriles is 2. The Morgan fingerprint density at radius 1 is 1.00 bits per heavy atom. The van der Waals surface area contributed by atoms with Crippen molar-refractivity contribution in [2.24, 2.45) is 0 Å². The summed E-state index contributed by atoms with van der Waals surface area (Å²) in [6, 6.07) is 22.8. The molecule has 1 N–H and O–H groups in total. The van der Waals surface area contributed by atoms with Gasteiger partial charge in [0, 0.05) is 37.4 Å². The van der Waals surface area contributed by atoms with Crippen molar-refractivity contribution in [1.82, 2.24) is 9.88 Å². The molecule has 6 nitrogen and oxygen atoms in total. The molecule has 2 aromatic carbocycles. The van der Waals surface area contributed by atoms with Crippen LogP contribution in [0.4, 0.5) is 5.82 Å². The molecular formula is C26H24ClN5O. The molecule has 3 aromatic rings. The standard InChI is InChI=1S/C26H24ClN5O/c1-26(33,22-7-2-19(14-28)3-8-22)18-31-12-13-32(25-11-4-20(15-29)16-30-25)24(17-31)21-5-9-23(27)10-6-21/h2-11,16,24,33H,12-13,17-18H2,1H3/t24-,26+/m0/s1. The molecule has 4 rings (SSSR count). The summed E-state index contributed by atoms with van der Waals surface area (Å²) in [5.41, 5.74) is 1.92. The van der Waals surface area contributed by atoms with E-state index in [1.54, 1.807) is 31.3 Å². The van der Waals surface area contributed by atoms with Gasteiger partial charge in [-0.1, -0.05) is 35.9 Å². The second-order valence-corrected chi connectivity index (χ2v) is 8.91. The van der Waals surface area contributed by atoms with E-state index >= 15 is 0 Å². The Morgan fingerprint density at radius 3 is 2.27 bits per heavy atom. The predicted octanol–water partition coefficient (Wildman–Crippen LogP) is 4.25. The molecule has 0 bridgehead atoms. The van der Waals surface area contributed by atoms with Crippen LogP contribution < -0.4 is 4.90 Å². The monoisotopic (exact) mass is 457 g/mol. The number of hydrogen-bond acceptors (Lipinski definition) is 6. The molecule has 0 amide bonds. The number of aliphatic hydroxyl groups is 1. The lowest BCUT2D eigenvalue weighted by molar-refractivity contribution is 0.0102. The Balaban J connectivity index is 1.58. The maximum absolute atomic E-state index is 11.2. The number of piperazine rings is 1. The summed E-state index contributed by atoms with van der Waals surface area (Å²) in [6.07, 6.45) is 1.59. The maximum Gasteiger partial charge on any atom is 0.129 e. The first kappa shape index (κ1) is 22.8. The van der Waals surface area contributed by atoms with Gasteiger partial charge in [0.05, 0.1) is 28.8 Å². The lowest BCUT2D eigenvalue weighted by Crippen LogP contribution is -2.52. The molecule has 7 heteroatoms. The molecule has 0 unspecified atom stereocenters. The van der Waals surface area contributed by atoms with E-state index in [-0.39, 0.29) is 6.04 Å². The number of anilines is 1. The number of benzene rings is 2. The first-order chi connectivity index (χ1) is 15.9. The van der Waals surface area contributed by atoms with E-state index in [4.69, 9.17) is 22.1 Å². The molecular weight excluding hydrogens is 434 g/mol. The smallest absolute Gasteiger partial charge is 0.129 e. The Morgan fingerprint density at radius 2 is 1.67 bits per heavy atom. The minimum Gasteiger partial charge on any atom is -0.384 e. The van der Waals surface area contributed by atoms with Gasteiger partial charge in [-0.05, 0) is 54.4 Å². The van der Waals surface area contributed by atoms with Crippen LogP contribution in [0.15, 0.2) is 66.9 Å². The summed E-state index contributed by atoms with van der Waals surface area (Å²) >= 11 is 6.12. The highest BCUT2D eigenvalue weighted by Gasteiger charge is 2.33. The van der Waals surface area contributed by atoms with Gasteiger partial charge in [0.15, 0.2) is 0 Å². The number of nitrogens with zero attached hydrogens (tertiary/aromatic N) is 5. The van der Waals surface area contributed by atoms with Crippen molar-refractivity contribution < 1.29 is 5.11 Å². The van der Waals surface area contributed by atoms with Crippen molar-refractivity contribution in [3.05, 3.63) is 94.1 Å². The van der Waals surface area contributed by atoms with Crippen molar-refractivity contribution in [3.8, 4) is 12.1 Å². The van der Waals surface area contributed by atoms with E-state index < -0.39 is 5.60 Å². The lowest BCUT2D eigenvalue weighted by atomic mass is 9.93. The molecule has 0 aliphatic carbocycles. The number of β-amino-alcohol motifs (C(OH)–C–C–N with tert-alkyl or cyclic N) is 1. The van der Waals surface area contributed by atoms with E-state index in [9.17, 15) is 5.11 Å². The van der Waals surface area contributed by atoms with Gasteiger partial charge in [0.1, 0.15) is 11.9 Å². The van der Waals surface area contributed by atoms with Gasteiger partial charge in [-0.3, -0.25) is 4.90 Å². The zero-order valence-corrected chi connectivity index (χ0v) is 19.1. The zero-order chi connectivity index (χ0) is 23.4. The van der Waals surface area contributed by atoms with Gasteiger partial charge in [0.2, 0.25) is 0 Å². The predicted molar refractivity (Wildman–Crippen MR) is 128 cm³/mol. The van der Waals surface area contributed by atoms with E-state index in [0.29, 0.717) is 29.2 Å². The van der Waals surface area contributed by atoms with Crippen LogP contribution >= 0.6 is 11.6 Å². The molecule has 1 aliphatic heterocycles. The summed E-state index contributed by atoms with van der Waals surface area (Å²) in [7, 11) is 0. The van der Waals surface area contributed by atoms with Crippen molar-refractivity contribution in [3.63, 3.8) is 0 Å². The normalized spacial score (nSPS) is 18.2. The van der Waals surface area contributed by atoms with Gasteiger partial charge in [0.25, 0.3) is 0 Å². The van der Waals surface area contributed by atoms with Crippen LogP contribution in [0.5, 0.6) is 0 Å². The molecule has 1 fully saturated rings. The highest BCUT2D eigenvalue weighted by atomic mass is 35.5.